The normalized spacial score (nSPS) is 26.3. The Morgan fingerprint density at radius 3 is 2.54 bits per heavy atom. The van der Waals surface area contributed by atoms with Gasteiger partial charge in [0, 0.05) is 26.2 Å². The van der Waals surface area contributed by atoms with Crippen molar-refractivity contribution in [2.45, 2.75) is 51.4 Å². The summed E-state index contributed by atoms with van der Waals surface area (Å²) in [6.45, 7) is 10.1. The van der Waals surface area contributed by atoms with Gasteiger partial charge in [-0.25, -0.2) is 0 Å². The predicted octanol–water partition coefficient (Wildman–Crippen LogP) is 1.30. The zero-order chi connectivity index (χ0) is 15.9. The van der Waals surface area contributed by atoms with Gasteiger partial charge >= 0.3 is 0 Å². The molecule has 3 atom stereocenters. The summed E-state index contributed by atoms with van der Waals surface area (Å²) in [6.07, 6.45) is 2.55. The van der Waals surface area contributed by atoms with Gasteiger partial charge < -0.3 is 25.0 Å². The Labute approximate surface area is 158 Å². The van der Waals surface area contributed by atoms with E-state index in [-0.39, 0.29) is 49.0 Å². The second-order valence-corrected chi connectivity index (χ2v) is 6.15. The van der Waals surface area contributed by atoms with E-state index in [1.165, 1.54) is 0 Å². The molecule has 2 heterocycles. The highest BCUT2D eigenvalue weighted by molar-refractivity contribution is 5.85. The van der Waals surface area contributed by atoms with Crippen molar-refractivity contribution < 1.29 is 14.3 Å². The fraction of sp³-hybridized carbons (Fsp3) is 0.938. The maximum Gasteiger partial charge on any atom is 0.251 e. The molecule has 0 aromatic rings. The summed E-state index contributed by atoms with van der Waals surface area (Å²) in [5, 5.41) is 0. The molecule has 2 aliphatic rings. The lowest BCUT2D eigenvalue weighted by Crippen LogP contribution is -2.39. The molecule has 6 nitrogen and oxygen atoms in total. The minimum Gasteiger partial charge on any atom is -0.375 e. The van der Waals surface area contributed by atoms with Crippen LogP contribution in [0.2, 0.25) is 0 Å². The van der Waals surface area contributed by atoms with Crippen LogP contribution >= 0.6 is 24.8 Å². The average molecular weight is 386 g/mol. The number of amides is 1. The number of halogens is 2. The van der Waals surface area contributed by atoms with Gasteiger partial charge in [-0.3, -0.25) is 4.79 Å². The van der Waals surface area contributed by atoms with Crippen molar-refractivity contribution in [2.24, 2.45) is 5.73 Å². The van der Waals surface area contributed by atoms with Gasteiger partial charge in [0.25, 0.3) is 5.91 Å². The molecule has 2 fully saturated rings. The van der Waals surface area contributed by atoms with Crippen LogP contribution < -0.4 is 5.73 Å². The van der Waals surface area contributed by atoms with E-state index >= 15 is 0 Å². The number of rotatable bonds is 8. The fourth-order valence-corrected chi connectivity index (χ4v) is 3.22. The lowest BCUT2D eigenvalue weighted by molar-refractivity contribution is -0.142. The number of likely N-dealkylation sites (tertiary alicyclic amines) is 1. The molecule has 2 N–H and O–H groups in total. The van der Waals surface area contributed by atoms with Crippen molar-refractivity contribution in [2.75, 3.05) is 45.9 Å². The van der Waals surface area contributed by atoms with Crippen LogP contribution in [0.3, 0.4) is 0 Å². The summed E-state index contributed by atoms with van der Waals surface area (Å²) in [6, 6.07) is 0. The van der Waals surface area contributed by atoms with E-state index in [0.29, 0.717) is 13.1 Å². The van der Waals surface area contributed by atoms with Crippen molar-refractivity contribution in [3.8, 4) is 0 Å². The molecule has 1 amide bonds. The Balaban J connectivity index is 0.00000264. The molecule has 8 heteroatoms. The van der Waals surface area contributed by atoms with Crippen LogP contribution in [-0.2, 0) is 14.3 Å². The first-order valence-electron chi connectivity index (χ1n) is 8.66. The van der Waals surface area contributed by atoms with Gasteiger partial charge in [0.05, 0.1) is 18.8 Å². The highest BCUT2D eigenvalue weighted by Crippen LogP contribution is 2.23. The molecule has 2 rings (SSSR count). The van der Waals surface area contributed by atoms with Crippen molar-refractivity contribution >= 4 is 30.7 Å². The number of hydrogen-bond acceptors (Lipinski definition) is 5. The van der Waals surface area contributed by atoms with Crippen LogP contribution in [0.15, 0.2) is 0 Å². The van der Waals surface area contributed by atoms with E-state index in [4.69, 9.17) is 15.2 Å². The Morgan fingerprint density at radius 2 is 1.96 bits per heavy atom. The molecular weight excluding hydrogens is 353 g/mol. The van der Waals surface area contributed by atoms with Crippen molar-refractivity contribution in [1.82, 2.24) is 9.80 Å². The average Bonchev–Trinajstić information content (AvgIpc) is 3.20. The first kappa shape index (κ1) is 23.9. The van der Waals surface area contributed by atoms with E-state index in [1.54, 1.807) is 0 Å². The van der Waals surface area contributed by atoms with Crippen LogP contribution in [0.4, 0.5) is 0 Å². The number of ether oxygens (including phenoxy) is 2. The Morgan fingerprint density at radius 1 is 1.25 bits per heavy atom. The summed E-state index contributed by atoms with van der Waals surface area (Å²) in [5.41, 5.74) is 5.60. The maximum atomic E-state index is 12.4. The molecule has 2 aliphatic heterocycles. The SMILES string of the molecule is CCN(CC)CCOC1CCN(C(=O)[C@@H]2CC[C@H](CN)O2)C1.Cl.Cl. The van der Waals surface area contributed by atoms with E-state index in [9.17, 15) is 4.79 Å². The molecule has 2 saturated heterocycles. The standard InChI is InChI=1S/C16H31N3O3.2ClH/c1-3-18(4-2)9-10-21-14-7-8-19(12-14)16(20)15-6-5-13(11-17)22-15;;/h13-15H,3-12,17H2,1-2H3;2*1H/t13-,14?,15+;;/m1../s1. The van der Waals surface area contributed by atoms with E-state index in [1.807, 2.05) is 4.90 Å². The first-order valence-corrected chi connectivity index (χ1v) is 8.66. The van der Waals surface area contributed by atoms with Gasteiger partial charge in [-0.05, 0) is 32.4 Å². The van der Waals surface area contributed by atoms with Gasteiger partial charge in [0.1, 0.15) is 6.10 Å². The third-order valence-electron chi connectivity index (χ3n) is 4.76. The summed E-state index contributed by atoms with van der Waals surface area (Å²) >= 11 is 0. The summed E-state index contributed by atoms with van der Waals surface area (Å²) in [7, 11) is 0. The van der Waals surface area contributed by atoms with E-state index in [0.717, 1.165) is 52.0 Å². The molecule has 0 aliphatic carbocycles. The number of likely N-dealkylation sites (N-methyl/N-ethyl adjacent to an activating group) is 1. The molecule has 0 aromatic carbocycles. The number of nitrogens with zero attached hydrogens (tertiary/aromatic N) is 2. The molecule has 0 bridgehead atoms. The largest absolute Gasteiger partial charge is 0.375 e. The molecule has 0 radical (unpaired) electrons. The lowest BCUT2D eigenvalue weighted by Gasteiger charge is -2.22. The third-order valence-corrected chi connectivity index (χ3v) is 4.76. The van der Waals surface area contributed by atoms with Gasteiger partial charge in [0.15, 0.2) is 0 Å². The number of carbonyl (C=O) groups excluding carboxylic acids is 1. The minimum absolute atomic E-state index is 0. The summed E-state index contributed by atoms with van der Waals surface area (Å²) in [5.74, 6) is 0.116. The molecule has 24 heavy (non-hydrogen) atoms. The van der Waals surface area contributed by atoms with Crippen LogP contribution in [0, 0.1) is 0 Å². The molecular formula is C16H33Cl2N3O3. The Bertz CT molecular complexity index is 359. The van der Waals surface area contributed by atoms with Crippen molar-refractivity contribution in [3.63, 3.8) is 0 Å². The number of nitrogens with two attached hydrogens (primary N) is 1. The highest BCUT2D eigenvalue weighted by Gasteiger charge is 2.36. The van der Waals surface area contributed by atoms with Gasteiger partial charge in [-0.1, -0.05) is 13.8 Å². The first-order chi connectivity index (χ1) is 10.7. The molecule has 144 valence electrons. The zero-order valence-electron chi connectivity index (χ0n) is 14.8. The molecule has 0 spiro atoms. The van der Waals surface area contributed by atoms with Crippen LogP contribution in [0.25, 0.3) is 0 Å². The van der Waals surface area contributed by atoms with Crippen LogP contribution in [-0.4, -0.2) is 79.9 Å². The lowest BCUT2D eigenvalue weighted by atomic mass is 10.2. The van der Waals surface area contributed by atoms with E-state index < -0.39 is 0 Å². The van der Waals surface area contributed by atoms with Gasteiger partial charge in [-0.2, -0.15) is 0 Å². The fourth-order valence-electron chi connectivity index (χ4n) is 3.22. The monoisotopic (exact) mass is 385 g/mol. The number of carbonyl (C=O) groups is 1. The maximum absolute atomic E-state index is 12.4. The Hall–Kier alpha value is -0.110. The van der Waals surface area contributed by atoms with E-state index in [2.05, 4.69) is 18.7 Å². The van der Waals surface area contributed by atoms with Crippen LogP contribution in [0.5, 0.6) is 0 Å². The smallest absolute Gasteiger partial charge is 0.251 e. The Kier molecular flexibility index (Phi) is 12.2. The highest BCUT2D eigenvalue weighted by atomic mass is 35.5. The van der Waals surface area contributed by atoms with Gasteiger partial charge in [-0.15, -0.1) is 24.8 Å². The predicted molar refractivity (Wildman–Crippen MR) is 100 cm³/mol. The summed E-state index contributed by atoms with van der Waals surface area (Å²) in [4.78, 5) is 16.7. The third kappa shape index (κ3) is 6.65. The topological polar surface area (TPSA) is 68.0 Å². The van der Waals surface area contributed by atoms with Crippen molar-refractivity contribution in [3.05, 3.63) is 0 Å². The van der Waals surface area contributed by atoms with Crippen LogP contribution in [0.1, 0.15) is 33.1 Å². The van der Waals surface area contributed by atoms with Gasteiger partial charge in [0.2, 0.25) is 0 Å². The second kappa shape index (κ2) is 12.3. The zero-order valence-corrected chi connectivity index (χ0v) is 16.4. The molecule has 0 saturated carbocycles. The number of hydrogen-bond donors (Lipinski definition) is 1. The second-order valence-electron chi connectivity index (χ2n) is 6.15. The quantitative estimate of drug-likeness (QED) is 0.681. The van der Waals surface area contributed by atoms with Crippen molar-refractivity contribution in [1.29, 1.82) is 0 Å². The molecule has 0 aromatic heterocycles. The molecule has 1 unspecified atom stereocenters. The summed E-state index contributed by atoms with van der Waals surface area (Å²) < 4.78 is 11.6. The minimum atomic E-state index is -0.289.